The number of carbonyl (C=O) groups is 2. The minimum absolute atomic E-state index is 0.117. The zero-order valence-electron chi connectivity index (χ0n) is 21.6. The van der Waals surface area contributed by atoms with Gasteiger partial charge in [0.1, 0.15) is 5.75 Å². The zero-order valence-corrected chi connectivity index (χ0v) is 21.6. The molecule has 0 aromatic heterocycles. The lowest BCUT2D eigenvalue weighted by Crippen LogP contribution is -2.22. The zero-order chi connectivity index (χ0) is 24.8. The van der Waals surface area contributed by atoms with E-state index >= 15 is 0 Å². The first-order chi connectivity index (χ1) is 15.5. The summed E-state index contributed by atoms with van der Waals surface area (Å²) in [7, 11) is 0. The topological polar surface area (TPSA) is 52.6 Å². The molecule has 0 bridgehead atoms. The molecule has 0 fully saturated rings. The van der Waals surface area contributed by atoms with E-state index in [1.807, 2.05) is 50.2 Å². The molecule has 0 saturated heterocycles. The van der Waals surface area contributed by atoms with Gasteiger partial charge in [0.15, 0.2) is 0 Å². The second-order valence-electron chi connectivity index (χ2n) is 10.2. The normalized spacial score (nSPS) is 12.5. The standard InChI is InChI=1S/C29H40O4/c1-9-11-21-12-14-22(15-13-21)27(30)33-26-20(5)17-23(29(6,7)8)18-24(26)25(16-19(3)4)28(31)32-10-2/h12-15,17-19,25H,9-11,16H2,1-8H3. The maximum absolute atomic E-state index is 13.1. The van der Waals surface area contributed by atoms with Crippen LogP contribution in [0.25, 0.3) is 0 Å². The van der Waals surface area contributed by atoms with Gasteiger partial charge in [-0.1, -0.05) is 72.2 Å². The lowest BCUT2D eigenvalue weighted by atomic mass is 9.81. The van der Waals surface area contributed by atoms with Crippen molar-refractivity contribution in [2.24, 2.45) is 5.92 Å². The Kier molecular flexibility index (Phi) is 9.27. The predicted molar refractivity (Wildman–Crippen MR) is 134 cm³/mol. The van der Waals surface area contributed by atoms with Gasteiger partial charge in [-0.05, 0) is 66.8 Å². The fourth-order valence-electron chi connectivity index (χ4n) is 3.94. The van der Waals surface area contributed by atoms with Crippen LogP contribution in [0.2, 0.25) is 0 Å². The average Bonchev–Trinajstić information content (AvgIpc) is 2.73. The number of rotatable bonds is 9. The fraction of sp³-hybridized carbons (Fsp3) is 0.517. The molecular formula is C29H40O4. The van der Waals surface area contributed by atoms with Crippen LogP contribution >= 0.6 is 0 Å². The third kappa shape index (κ3) is 7.18. The third-order valence-corrected chi connectivity index (χ3v) is 5.75. The van der Waals surface area contributed by atoms with E-state index in [2.05, 4.69) is 41.5 Å². The van der Waals surface area contributed by atoms with E-state index < -0.39 is 11.9 Å². The number of ether oxygens (including phenoxy) is 2. The maximum Gasteiger partial charge on any atom is 0.343 e. The number of hydrogen-bond acceptors (Lipinski definition) is 4. The molecule has 4 heteroatoms. The number of benzene rings is 2. The molecule has 2 aromatic rings. The molecule has 0 saturated carbocycles. The van der Waals surface area contributed by atoms with Crippen LogP contribution in [0.4, 0.5) is 0 Å². The molecular weight excluding hydrogens is 412 g/mol. The molecule has 2 rings (SSSR count). The minimum atomic E-state index is -0.499. The summed E-state index contributed by atoms with van der Waals surface area (Å²) in [5.74, 6) is -0.464. The van der Waals surface area contributed by atoms with Crippen LogP contribution in [0.3, 0.4) is 0 Å². The highest BCUT2D eigenvalue weighted by atomic mass is 16.5. The van der Waals surface area contributed by atoms with Crippen molar-refractivity contribution in [1.82, 2.24) is 0 Å². The van der Waals surface area contributed by atoms with Crippen molar-refractivity contribution in [2.75, 3.05) is 6.61 Å². The summed E-state index contributed by atoms with van der Waals surface area (Å²) in [5, 5.41) is 0. The van der Waals surface area contributed by atoms with Gasteiger partial charge in [0.25, 0.3) is 0 Å². The molecule has 0 N–H and O–H groups in total. The van der Waals surface area contributed by atoms with E-state index in [0.717, 1.165) is 29.5 Å². The largest absolute Gasteiger partial charge is 0.466 e. The SMILES string of the molecule is CCCc1ccc(C(=O)Oc2c(C)cc(C(C)(C)C)cc2C(CC(C)C)C(=O)OCC)cc1. The molecule has 0 spiro atoms. The number of hydrogen-bond donors (Lipinski definition) is 0. The highest BCUT2D eigenvalue weighted by Crippen LogP contribution is 2.39. The van der Waals surface area contributed by atoms with Crippen molar-refractivity contribution in [1.29, 1.82) is 0 Å². The molecule has 0 heterocycles. The average molecular weight is 453 g/mol. The van der Waals surface area contributed by atoms with E-state index in [1.54, 1.807) is 0 Å². The van der Waals surface area contributed by atoms with E-state index in [0.29, 0.717) is 24.3 Å². The van der Waals surface area contributed by atoms with E-state index in [-0.39, 0.29) is 17.3 Å². The summed E-state index contributed by atoms with van der Waals surface area (Å²) < 4.78 is 11.4. The highest BCUT2D eigenvalue weighted by Gasteiger charge is 2.30. The van der Waals surface area contributed by atoms with Crippen molar-refractivity contribution in [2.45, 2.75) is 86.0 Å². The molecule has 1 unspecified atom stereocenters. The molecule has 4 nitrogen and oxygen atoms in total. The highest BCUT2D eigenvalue weighted by molar-refractivity contribution is 5.92. The van der Waals surface area contributed by atoms with Crippen LogP contribution < -0.4 is 4.74 Å². The quantitative estimate of drug-likeness (QED) is 0.299. The summed E-state index contributed by atoms with van der Waals surface area (Å²) >= 11 is 0. The van der Waals surface area contributed by atoms with Crippen molar-refractivity contribution in [3.8, 4) is 5.75 Å². The molecule has 0 aliphatic heterocycles. The van der Waals surface area contributed by atoms with Crippen molar-refractivity contribution in [3.05, 3.63) is 64.2 Å². The molecule has 1 atom stereocenters. The summed E-state index contributed by atoms with van der Waals surface area (Å²) in [4.78, 5) is 26.1. The Morgan fingerprint density at radius 3 is 2.15 bits per heavy atom. The summed E-state index contributed by atoms with van der Waals surface area (Å²) in [5.41, 5.74) is 4.23. The molecule has 0 aliphatic rings. The van der Waals surface area contributed by atoms with Crippen molar-refractivity contribution in [3.63, 3.8) is 0 Å². The first-order valence-electron chi connectivity index (χ1n) is 12.1. The Labute approximate surface area is 199 Å². The molecule has 2 aromatic carbocycles. The first kappa shape index (κ1) is 26.6. The molecule has 0 radical (unpaired) electrons. The van der Waals surface area contributed by atoms with Gasteiger partial charge < -0.3 is 9.47 Å². The third-order valence-electron chi connectivity index (χ3n) is 5.75. The van der Waals surface area contributed by atoms with Crippen LogP contribution in [-0.4, -0.2) is 18.5 Å². The number of carbonyl (C=O) groups excluding carboxylic acids is 2. The Balaban J connectivity index is 2.55. The molecule has 0 aliphatic carbocycles. The molecule has 180 valence electrons. The van der Waals surface area contributed by atoms with Gasteiger partial charge in [-0.15, -0.1) is 0 Å². The second kappa shape index (κ2) is 11.5. The Morgan fingerprint density at radius 1 is 1.00 bits per heavy atom. The number of esters is 2. The van der Waals surface area contributed by atoms with E-state index in [9.17, 15) is 9.59 Å². The molecule has 33 heavy (non-hydrogen) atoms. The van der Waals surface area contributed by atoms with Gasteiger partial charge in [0.2, 0.25) is 0 Å². The van der Waals surface area contributed by atoms with Gasteiger partial charge in [-0.3, -0.25) is 4.79 Å². The van der Waals surface area contributed by atoms with Crippen LogP contribution in [0.15, 0.2) is 36.4 Å². The minimum Gasteiger partial charge on any atom is -0.466 e. The van der Waals surface area contributed by atoms with Gasteiger partial charge in [-0.2, -0.15) is 0 Å². The Morgan fingerprint density at radius 2 is 1.64 bits per heavy atom. The van der Waals surface area contributed by atoms with Crippen LogP contribution in [-0.2, 0) is 21.4 Å². The lowest BCUT2D eigenvalue weighted by Gasteiger charge is -2.26. The fourth-order valence-corrected chi connectivity index (χ4v) is 3.94. The van der Waals surface area contributed by atoms with Crippen LogP contribution in [0.1, 0.15) is 99.8 Å². The van der Waals surface area contributed by atoms with Crippen LogP contribution in [0, 0.1) is 12.8 Å². The van der Waals surface area contributed by atoms with Gasteiger partial charge >= 0.3 is 11.9 Å². The van der Waals surface area contributed by atoms with E-state index in [4.69, 9.17) is 9.47 Å². The second-order valence-corrected chi connectivity index (χ2v) is 10.2. The summed E-state index contributed by atoms with van der Waals surface area (Å²) in [6.07, 6.45) is 2.64. The van der Waals surface area contributed by atoms with Crippen molar-refractivity contribution >= 4 is 11.9 Å². The maximum atomic E-state index is 13.1. The predicted octanol–water partition coefficient (Wildman–Crippen LogP) is 7.16. The van der Waals surface area contributed by atoms with Gasteiger partial charge in [0, 0.05) is 5.56 Å². The summed E-state index contributed by atoms with van der Waals surface area (Å²) in [6, 6.07) is 11.6. The van der Waals surface area contributed by atoms with Crippen LogP contribution in [0.5, 0.6) is 5.75 Å². The van der Waals surface area contributed by atoms with Gasteiger partial charge in [-0.25, -0.2) is 4.79 Å². The lowest BCUT2D eigenvalue weighted by molar-refractivity contribution is -0.145. The first-order valence-corrected chi connectivity index (χ1v) is 12.1. The monoisotopic (exact) mass is 452 g/mol. The summed E-state index contributed by atoms with van der Waals surface area (Å²) in [6.45, 7) is 16.8. The van der Waals surface area contributed by atoms with E-state index in [1.165, 1.54) is 5.56 Å². The van der Waals surface area contributed by atoms with Gasteiger partial charge in [0.05, 0.1) is 18.1 Å². The Hall–Kier alpha value is -2.62. The number of aryl methyl sites for hydroxylation is 2. The smallest absolute Gasteiger partial charge is 0.343 e. The van der Waals surface area contributed by atoms with Crippen molar-refractivity contribution < 1.29 is 19.1 Å². The molecule has 0 amide bonds. The Bertz CT molecular complexity index is 949.